The molecule has 0 spiro atoms. The molecule has 3 aromatic rings. The topological polar surface area (TPSA) is 27.8 Å². The maximum Gasteiger partial charge on any atom is 0.126 e. The Morgan fingerprint density at radius 3 is 2.75 bits per heavy atom. The molecule has 0 saturated heterocycles. The lowest BCUT2D eigenvalue weighted by atomic mass is 10.1. The molecule has 0 bridgehead atoms. The highest BCUT2D eigenvalue weighted by atomic mass is 19.1. The van der Waals surface area contributed by atoms with Gasteiger partial charge in [0.2, 0.25) is 0 Å². The lowest BCUT2D eigenvalue weighted by molar-refractivity contribution is 0.614. The van der Waals surface area contributed by atoms with E-state index in [4.69, 9.17) is 0 Å². The van der Waals surface area contributed by atoms with E-state index in [2.05, 4.69) is 16.4 Å². The van der Waals surface area contributed by atoms with Crippen LogP contribution in [0.4, 0.5) is 10.1 Å². The third-order valence-corrected chi connectivity index (χ3v) is 3.63. The van der Waals surface area contributed by atoms with E-state index < -0.39 is 0 Å². The third kappa shape index (κ3) is 2.39. The second kappa shape index (κ2) is 5.00. The van der Waals surface area contributed by atoms with E-state index in [1.54, 1.807) is 13.0 Å². The minimum Gasteiger partial charge on any atom is -0.379 e. The summed E-state index contributed by atoms with van der Waals surface area (Å²) in [5.41, 5.74) is 3.77. The van der Waals surface area contributed by atoms with Crippen molar-refractivity contribution in [3.63, 3.8) is 0 Å². The summed E-state index contributed by atoms with van der Waals surface area (Å²) in [6.45, 7) is 3.81. The number of benzene rings is 2. The Morgan fingerprint density at radius 2 is 1.95 bits per heavy atom. The first-order valence-corrected chi connectivity index (χ1v) is 6.73. The van der Waals surface area contributed by atoms with Gasteiger partial charge in [-0.05, 0) is 55.3 Å². The normalized spacial score (nSPS) is 12.6. The van der Waals surface area contributed by atoms with Crippen LogP contribution >= 0.6 is 0 Å². The molecule has 0 aliphatic rings. The Balaban J connectivity index is 1.83. The molecule has 102 valence electrons. The van der Waals surface area contributed by atoms with Gasteiger partial charge in [0, 0.05) is 28.8 Å². The molecule has 0 saturated carbocycles. The van der Waals surface area contributed by atoms with Crippen LogP contribution in [0.15, 0.2) is 48.7 Å². The van der Waals surface area contributed by atoms with Gasteiger partial charge in [-0.15, -0.1) is 0 Å². The second-order valence-electron chi connectivity index (χ2n) is 5.15. The van der Waals surface area contributed by atoms with E-state index in [0.29, 0.717) is 5.56 Å². The van der Waals surface area contributed by atoms with Crippen LogP contribution < -0.4 is 5.32 Å². The van der Waals surface area contributed by atoms with E-state index in [-0.39, 0.29) is 11.9 Å². The number of rotatable bonds is 3. The van der Waals surface area contributed by atoms with Gasteiger partial charge in [-0.3, -0.25) is 0 Å². The minimum absolute atomic E-state index is 0.0569. The quantitative estimate of drug-likeness (QED) is 0.702. The van der Waals surface area contributed by atoms with Crippen molar-refractivity contribution in [2.24, 2.45) is 0 Å². The number of hydrogen-bond acceptors (Lipinski definition) is 1. The number of aromatic amines is 1. The molecule has 1 unspecified atom stereocenters. The highest BCUT2D eigenvalue weighted by Crippen LogP contribution is 2.23. The van der Waals surface area contributed by atoms with Crippen LogP contribution in [0.2, 0.25) is 0 Å². The zero-order valence-electron chi connectivity index (χ0n) is 11.6. The summed E-state index contributed by atoms with van der Waals surface area (Å²) in [6, 6.07) is 13.6. The predicted octanol–water partition coefficient (Wildman–Crippen LogP) is 4.79. The Bertz CT molecular complexity index is 746. The average Bonchev–Trinajstić information content (AvgIpc) is 2.89. The fourth-order valence-corrected chi connectivity index (χ4v) is 2.35. The second-order valence-corrected chi connectivity index (χ2v) is 5.15. The van der Waals surface area contributed by atoms with E-state index in [1.165, 1.54) is 0 Å². The third-order valence-electron chi connectivity index (χ3n) is 3.63. The van der Waals surface area contributed by atoms with Crippen molar-refractivity contribution < 1.29 is 4.39 Å². The summed E-state index contributed by atoms with van der Waals surface area (Å²) in [6.07, 6.45) is 1.92. The molecule has 0 fully saturated rings. The number of anilines is 1. The van der Waals surface area contributed by atoms with Gasteiger partial charge in [0.15, 0.2) is 0 Å². The molecule has 2 nitrogen and oxygen atoms in total. The first-order valence-electron chi connectivity index (χ1n) is 6.73. The van der Waals surface area contributed by atoms with Gasteiger partial charge >= 0.3 is 0 Å². The van der Waals surface area contributed by atoms with Crippen molar-refractivity contribution in [2.75, 3.05) is 5.32 Å². The zero-order chi connectivity index (χ0) is 14.1. The van der Waals surface area contributed by atoms with Crippen molar-refractivity contribution in [1.29, 1.82) is 0 Å². The monoisotopic (exact) mass is 268 g/mol. The van der Waals surface area contributed by atoms with Crippen LogP contribution in [0.25, 0.3) is 10.9 Å². The molecular formula is C17H17FN2. The van der Waals surface area contributed by atoms with Crippen LogP contribution in [-0.2, 0) is 0 Å². The lowest BCUT2D eigenvalue weighted by Crippen LogP contribution is -2.07. The lowest BCUT2D eigenvalue weighted by Gasteiger charge is -2.16. The molecule has 1 heterocycles. The van der Waals surface area contributed by atoms with Gasteiger partial charge in [0.25, 0.3) is 0 Å². The SMILES string of the molecule is Cc1ccc(C(C)Nc2ccc3[nH]ccc3c2)cc1F. The summed E-state index contributed by atoms with van der Waals surface area (Å²) in [5, 5.41) is 4.57. The number of H-pyrrole nitrogens is 1. The zero-order valence-corrected chi connectivity index (χ0v) is 11.6. The number of aryl methyl sites for hydroxylation is 1. The number of nitrogens with one attached hydrogen (secondary N) is 2. The predicted molar refractivity (Wildman–Crippen MR) is 81.5 cm³/mol. The molecule has 0 radical (unpaired) electrons. The van der Waals surface area contributed by atoms with Crippen LogP contribution in [0, 0.1) is 12.7 Å². The van der Waals surface area contributed by atoms with Crippen molar-refractivity contribution in [2.45, 2.75) is 19.9 Å². The molecule has 20 heavy (non-hydrogen) atoms. The molecule has 1 aromatic heterocycles. The van der Waals surface area contributed by atoms with Gasteiger partial charge in [0.05, 0.1) is 0 Å². The number of halogens is 1. The molecule has 3 rings (SSSR count). The van der Waals surface area contributed by atoms with Crippen LogP contribution in [-0.4, -0.2) is 4.98 Å². The summed E-state index contributed by atoms with van der Waals surface area (Å²) in [4.78, 5) is 3.17. The Morgan fingerprint density at radius 1 is 1.10 bits per heavy atom. The van der Waals surface area contributed by atoms with E-state index in [9.17, 15) is 4.39 Å². The molecule has 0 amide bonds. The Kier molecular flexibility index (Phi) is 3.18. The minimum atomic E-state index is -0.155. The maximum absolute atomic E-state index is 13.6. The van der Waals surface area contributed by atoms with Crippen LogP contribution in [0.5, 0.6) is 0 Å². The highest BCUT2D eigenvalue weighted by Gasteiger charge is 2.08. The fourth-order valence-electron chi connectivity index (χ4n) is 2.35. The molecule has 3 heteroatoms. The fraction of sp³-hybridized carbons (Fsp3) is 0.176. The van der Waals surface area contributed by atoms with Crippen molar-refractivity contribution in [3.8, 4) is 0 Å². The Hall–Kier alpha value is -2.29. The van der Waals surface area contributed by atoms with Gasteiger partial charge in [-0.1, -0.05) is 12.1 Å². The molecule has 2 N–H and O–H groups in total. The molecule has 0 aliphatic heterocycles. The highest BCUT2D eigenvalue weighted by molar-refractivity contribution is 5.83. The summed E-state index contributed by atoms with van der Waals surface area (Å²) >= 11 is 0. The van der Waals surface area contributed by atoms with Gasteiger partial charge < -0.3 is 10.3 Å². The number of aromatic nitrogens is 1. The first kappa shape index (κ1) is 12.7. The number of hydrogen-bond donors (Lipinski definition) is 2. The molecule has 0 aliphatic carbocycles. The van der Waals surface area contributed by atoms with Gasteiger partial charge in [-0.2, -0.15) is 0 Å². The van der Waals surface area contributed by atoms with Crippen molar-refractivity contribution in [3.05, 3.63) is 65.6 Å². The first-order chi connectivity index (χ1) is 9.63. The van der Waals surface area contributed by atoms with Crippen LogP contribution in [0.3, 0.4) is 0 Å². The molecule has 1 atom stereocenters. The molecular weight excluding hydrogens is 251 g/mol. The standard InChI is InChI=1S/C17H17FN2/c1-11-3-4-13(10-16(11)18)12(2)20-15-5-6-17-14(9-15)7-8-19-17/h3-10,12,19-20H,1-2H3. The number of fused-ring (bicyclic) bond motifs is 1. The largest absolute Gasteiger partial charge is 0.379 e. The van der Waals surface area contributed by atoms with Gasteiger partial charge in [0.1, 0.15) is 5.82 Å². The summed E-state index contributed by atoms with van der Waals surface area (Å²) < 4.78 is 13.6. The molecule has 2 aromatic carbocycles. The Labute approximate surface area is 117 Å². The summed E-state index contributed by atoms with van der Waals surface area (Å²) in [7, 11) is 0. The van der Waals surface area contributed by atoms with E-state index >= 15 is 0 Å². The van der Waals surface area contributed by atoms with Crippen molar-refractivity contribution in [1.82, 2.24) is 4.98 Å². The summed E-state index contributed by atoms with van der Waals surface area (Å²) in [5.74, 6) is -0.155. The average molecular weight is 268 g/mol. The van der Waals surface area contributed by atoms with Crippen LogP contribution in [0.1, 0.15) is 24.1 Å². The van der Waals surface area contributed by atoms with Crippen molar-refractivity contribution >= 4 is 16.6 Å². The maximum atomic E-state index is 13.6. The van der Waals surface area contributed by atoms with E-state index in [1.807, 2.05) is 43.5 Å². The smallest absolute Gasteiger partial charge is 0.126 e. The van der Waals surface area contributed by atoms with E-state index in [0.717, 1.165) is 22.2 Å². The van der Waals surface area contributed by atoms with Gasteiger partial charge in [-0.25, -0.2) is 4.39 Å².